The van der Waals surface area contributed by atoms with Gasteiger partial charge in [0, 0.05) is 11.5 Å². The lowest BCUT2D eigenvalue weighted by Crippen LogP contribution is -2.41. The third kappa shape index (κ3) is 6.12. The van der Waals surface area contributed by atoms with E-state index in [4.69, 9.17) is 14.0 Å². The van der Waals surface area contributed by atoms with Crippen molar-refractivity contribution >= 4 is 5.91 Å². The fraction of sp³-hybridized carbons (Fsp3) is 0.323. The van der Waals surface area contributed by atoms with Gasteiger partial charge in [0.1, 0.15) is 0 Å². The number of piperidine rings is 1. The van der Waals surface area contributed by atoms with Crippen molar-refractivity contribution in [3.8, 4) is 22.9 Å². The van der Waals surface area contributed by atoms with Crippen LogP contribution in [0.25, 0.3) is 11.4 Å². The van der Waals surface area contributed by atoms with E-state index in [-0.39, 0.29) is 17.9 Å². The largest absolute Gasteiger partial charge is 0.493 e. The van der Waals surface area contributed by atoms with Crippen LogP contribution >= 0.6 is 0 Å². The van der Waals surface area contributed by atoms with E-state index in [2.05, 4.69) is 51.5 Å². The Balaban J connectivity index is 1.19. The summed E-state index contributed by atoms with van der Waals surface area (Å²) in [6.07, 6.45) is 1.55. The molecule has 39 heavy (non-hydrogen) atoms. The summed E-state index contributed by atoms with van der Waals surface area (Å²) in [5.41, 5.74) is 4.16. The van der Waals surface area contributed by atoms with Crippen LogP contribution in [-0.2, 0) is 11.3 Å². The normalized spacial score (nSPS) is 15.1. The number of aryl methyl sites for hydroxylation is 1. The van der Waals surface area contributed by atoms with E-state index >= 15 is 0 Å². The maximum Gasteiger partial charge on any atom is 0.241 e. The molecule has 0 spiro atoms. The highest BCUT2D eigenvalue weighted by molar-refractivity contribution is 5.79. The van der Waals surface area contributed by atoms with Gasteiger partial charge < -0.3 is 19.3 Å². The molecule has 0 bridgehead atoms. The molecule has 202 valence electrons. The van der Waals surface area contributed by atoms with E-state index in [1.807, 2.05) is 48.5 Å². The van der Waals surface area contributed by atoms with Gasteiger partial charge in [0.25, 0.3) is 0 Å². The SMILES string of the molecule is COc1ccc(-c2noc(CN3CCC(C(=O)NC(c4ccccc4)c4ccccc4C)CC3)n2)cc1OC. The minimum Gasteiger partial charge on any atom is -0.493 e. The number of benzene rings is 3. The predicted molar refractivity (Wildman–Crippen MR) is 148 cm³/mol. The Hall–Kier alpha value is -4.17. The number of carbonyl (C=O) groups is 1. The minimum absolute atomic E-state index is 0.0403. The van der Waals surface area contributed by atoms with Crippen molar-refractivity contribution < 1.29 is 18.8 Å². The Morgan fingerprint density at radius 2 is 1.72 bits per heavy atom. The van der Waals surface area contributed by atoms with Crippen molar-refractivity contribution in [1.82, 2.24) is 20.4 Å². The summed E-state index contributed by atoms with van der Waals surface area (Å²) in [6.45, 7) is 4.20. The Kier molecular flexibility index (Phi) is 8.22. The van der Waals surface area contributed by atoms with Crippen LogP contribution in [0.4, 0.5) is 0 Å². The topological polar surface area (TPSA) is 89.7 Å². The van der Waals surface area contributed by atoms with Gasteiger partial charge in [-0.1, -0.05) is 59.8 Å². The molecule has 2 heterocycles. The lowest BCUT2D eigenvalue weighted by atomic mass is 9.92. The molecule has 1 fully saturated rings. The number of nitrogens with one attached hydrogen (secondary N) is 1. The maximum absolute atomic E-state index is 13.4. The summed E-state index contributed by atoms with van der Waals surface area (Å²) in [5.74, 6) is 2.36. The first-order valence-corrected chi connectivity index (χ1v) is 13.2. The van der Waals surface area contributed by atoms with Crippen molar-refractivity contribution in [3.05, 3.63) is 95.4 Å². The number of methoxy groups -OCH3 is 2. The molecule has 1 unspecified atom stereocenters. The highest BCUT2D eigenvalue weighted by atomic mass is 16.5. The zero-order valence-corrected chi connectivity index (χ0v) is 22.6. The molecular weight excluding hydrogens is 492 g/mol. The van der Waals surface area contributed by atoms with Gasteiger partial charge in [-0.25, -0.2) is 0 Å². The Morgan fingerprint density at radius 1 is 1.00 bits per heavy atom. The standard InChI is InChI=1S/C31H34N4O4/c1-21-9-7-8-12-25(21)29(22-10-5-4-6-11-22)33-31(36)23-15-17-35(18-16-23)20-28-32-30(34-39-28)24-13-14-26(37-2)27(19-24)38-3/h4-14,19,23,29H,15-18,20H2,1-3H3,(H,33,36). The number of rotatable bonds is 9. The number of amides is 1. The second-order valence-electron chi connectivity index (χ2n) is 9.84. The van der Waals surface area contributed by atoms with Gasteiger partial charge in [-0.05, 0) is 67.7 Å². The van der Waals surface area contributed by atoms with Crippen LogP contribution in [0, 0.1) is 12.8 Å². The van der Waals surface area contributed by atoms with Crippen molar-refractivity contribution in [1.29, 1.82) is 0 Å². The summed E-state index contributed by atoms with van der Waals surface area (Å²) in [5, 5.41) is 7.50. The Bertz CT molecular complexity index is 1400. The van der Waals surface area contributed by atoms with E-state index < -0.39 is 0 Å². The molecule has 8 heteroatoms. The molecule has 8 nitrogen and oxygen atoms in total. The van der Waals surface area contributed by atoms with E-state index in [0.717, 1.165) is 48.2 Å². The molecule has 5 rings (SSSR count). The Morgan fingerprint density at radius 3 is 2.44 bits per heavy atom. The fourth-order valence-electron chi connectivity index (χ4n) is 5.11. The van der Waals surface area contributed by atoms with Gasteiger partial charge >= 0.3 is 0 Å². The van der Waals surface area contributed by atoms with Crippen LogP contribution in [0.5, 0.6) is 11.5 Å². The summed E-state index contributed by atoms with van der Waals surface area (Å²) in [7, 11) is 3.19. The predicted octanol–water partition coefficient (Wildman–Crippen LogP) is 5.18. The quantitative estimate of drug-likeness (QED) is 0.321. The molecule has 3 aromatic carbocycles. The highest BCUT2D eigenvalue weighted by Crippen LogP contribution is 2.31. The summed E-state index contributed by atoms with van der Waals surface area (Å²) in [6, 6.07) is 23.7. The van der Waals surface area contributed by atoms with E-state index in [1.165, 1.54) is 0 Å². The van der Waals surface area contributed by atoms with Crippen molar-refractivity contribution in [2.45, 2.75) is 32.4 Å². The zero-order chi connectivity index (χ0) is 27.2. The van der Waals surface area contributed by atoms with Crippen LogP contribution in [0.15, 0.2) is 77.3 Å². The molecule has 1 aliphatic heterocycles. The van der Waals surface area contributed by atoms with Crippen molar-refractivity contribution in [3.63, 3.8) is 0 Å². The molecule has 1 aliphatic rings. The smallest absolute Gasteiger partial charge is 0.241 e. The fourth-order valence-corrected chi connectivity index (χ4v) is 5.11. The number of hydrogen-bond donors (Lipinski definition) is 1. The third-order valence-electron chi connectivity index (χ3n) is 7.35. The zero-order valence-electron chi connectivity index (χ0n) is 22.6. The highest BCUT2D eigenvalue weighted by Gasteiger charge is 2.28. The van der Waals surface area contributed by atoms with Crippen LogP contribution < -0.4 is 14.8 Å². The van der Waals surface area contributed by atoms with Crippen LogP contribution in [0.3, 0.4) is 0 Å². The van der Waals surface area contributed by atoms with Crippen LogP contribution in [0.2, 0.25) is 0 Å². The second-order valence-corrected chi connectivity index (χ2v) is 9.84. The van der Waals surface area contributed by atoms with Crippen LogP contribution in [0.1, 0.15) is 41.5 Å². The van der Waals surface area contributed by atoms with Gasteiger partial charge in [-0.15, -0.1) is 0 Å². The lowest BCUT2D eigenvalue weighted by molar-refractivity contribution is -0.127. The molecule has 4 aromatic rings. The van der Waals surface area contributed by atoms with Crippen molar-refractivity contribution in [2.24, 2.45) is 5.92 Å². The maximum atomic E-state index is 13.4. The van der Waals surface area contributed by atoms with E-state index in [9.17, 15) is 4.79 Å². The molecule has 0 radical (unpaired) electrons. The number of aromatic nitrogens is 2. The first kappa shape index (κ1) is 26.4. The average Bonchev–Trinajstić information content (AvgIpc) is 3.45. The second kappa shape index (κ2) is 12.1. The minimum atomic E-state index is -0.175. The van der Waals surface area contributed by atoms with Gasteiger partial charge in [-0.2, -0.15) is 4.98 Å². The van der Waals surface area contributed by atoms with Crippen molar-refractivity contribution in [2.75, 3.05) is 27.3 Å². The number of carbonyl (C=O) groups excluding carboxylic acids is 1. The first-order valence-electron chi connectivity index (χ1n) is 13.2. The van der Waals surface area contributed by atoms with Gasteiger partial charge in [0.2, 0.25) is 17.6 Å². The monoisotopic (exact) mass is 526 g/mol. The number of nitrogens with zero attached hydrogens (tertiary/aromatic N) is 3. The van der Waals surface area contributed by atoms with E-state index in [0.29, 0.717) is 29.8 Å². The number of likely N-dealkylation sites (tertiary alicyclic amines) is 1. The van der Waals surface area contributed by atoms with E-state index in [1.54, 1.807) is 14.2 Å². The average molecular weight is 527 g/mol. The molecule has 1 N–H and O–H groups in total. The number of ether oxygens (including phenoxy) is 2. The van der Waals surface area contributed by atoms with Gasteiger partial charge in [0.05, 0.1) is 26.8 Å². The molecule has 1 aromatic heterocycles. The summed E-state index contributed by atoms with van der Waals surface area (Å²) >= 11 is 0. The Labute approximate surface area is 228 Å². The third-order valence-corrected chi connectivity index (χ3v) is 7.35. The van der Waals surface area contributed by atoms with Gasteiger partial charge in [-0.3, -0.25) is 9.69 Å². The van der Waals surface area contributed by atoms with Crippen LogP contribution in [-0.4, -0.2) is 48.3 Å². The number of hydrogen-bond acceptors (Lipinski definition) is 7. The van der Waals surface area contributed by atoms with Gasteiger partial charge in [0.15, 0.2) is 11.5 Å². The molecule has 1 amide bonds. The molecular formula is C31H34N4O4. The lowest BCUT2D eigenvalue weighted by Gasteiger charge is -2.31. The molecule has 1 atom stereocenters. The molecule has 0 aliphatic carbocycles. The summed E-state index contributed by atoms with van der Waals surface area (Å²) in [4.78, 5) is 20.2. The summed E-state index contributed by atoms with van der Waals surface area (Å²) < 4.78 is 16.2. The molecule has 1 saturated heterocycles. The molecule has 0 saturated carbocycles. The first-order chi connectivity index (χ1) is 19.1.